The van der Waals surface area contributed by atoms with Gasteiger partial charge in [-0.15, -0.1) is 0 Å². The van der Waals surface area contributed by atoms with Crippen LogP contribution in [0.25, 0.3) is 22.3 Å². The quantitative estimate of drug-likeness (QED) is 0.405. The van der Waals surface area contributed by atoms with Gasteiger partial charge in [-0.05, 0) is 36.4 Å². The summed E-state index contributed by atoms with van der Waals surface area (Å²) in [7, 11) is 0. The Bertz CT molecular complexity index is 1250. The Morgan fingerprint density at radius 1 is 0.862 bits per heavy atom. The summed E-state index contributed by atoms with van der Waals surface area (Å²) in [6.07, 6.45) is -0.231. The molecule has 4 aromatic rings. The van der Waals surface area contributed by atoms with Gasteiger partial charge in [0.15, 0.2) is 5.78 Å². The van der Waals surface area contributed by atoms with Crippen LogP contribution in [-0.2, 0) is 4.79 Å². The van der Waals surface area contributed by atoms with Crippen LogP contribution in [0.15, 0.2) is 83.7 Å². The molecular weight excluding hydrogens is 366 g/mol. The molecule has 0 spiro atoms. The maximum absolute atomic E-state index is 12.2. The second-order valence-corrected chi connectivity index (χ2v) is 6.52. The summed E-state index contributed by atoms with van der Waals surface area (Å²) in [6, 6.07) is 22.7. The van der Waals surface area contributed by atoms with E-state index in [1.54, 1.807) is 66.7 Å². The molecule has 29 heavy (non-hydrogen) atoms. The fourth-order valence-electron chi connectivity index (χ4n) is 3.01. The van der Waals surface area contributed by atoms with Gasteiger partial charge in [0, 0.05) is 16.8 Å². The fraction of sp³-hybridized carbons (Fsp3) is 0.0435. The number of H-pyrrole nitrogens is 1. The lowest BCUT2D eigenvalue weighted by atomic mass is 10.1. The molecule has 0 atom stereocenters. The number of carbonyl (C=O) groups excluding carboxylic acids is 2. The molecule has 0 unspecified atom stereocenters. The van der Waals surface area contributed by atoms with E-state index in [4.69, 9.17) is 0 Å². The number of para-hydroxylation sites is 1. The minimum atomic E-state index is -0.385. The smallest absolute Gasteiger partial charge is 0.259 e. The van der Waals surface area contributed by atoms with Crippen molar-refractivity contribution in [2.45, 2.75) is 6.42 Å². The zero-order chi connectivity index (χ0) is 20.2. The van der Waals surface area contributed by atoms with Gasteiger partial charge in [0.1, 0.15) is 5.82 Å². The predicted octanol–water partition coefficient (Wildman–Crippen LogP) is 3.80. The molecule has 0 saturated carbocycles. The van der Waals surface area contributed by atoms with E-state index in [1.165, 1.54) is 0 Å². The van der Waals surface area contributed by atoms with Crippen LogP contribution in [0.1, 0.15) is 16.8 Å². The van der Waals surface area contributed by atoms with Crippen LogP contribution in [0.3, 0.4) is 0 Å². The van der Waals surface area contributed by atoms with Gasteiger partial charge >= 0.3 is 0 Å². The number of benzene rings is 3. The van der Waals surface area contributed by atoms with Crippen LogP contribution in [0, 0.1) is 0 Å². The van der Waals surface area contributed by atoms with E-state index in [-0.39, 0.29) is 23.7 Å². The van der Waals surface area contributed by atoms with Crippen molar-refractivity contribution in [1.29, 1.82) is 0 Å². The summed E-state index contributed by atoms with van der Waals surface area (Å²) >= 11 is 0. The Morgan fingerprint density at radius 3 is 2.31 bits per heavy atom. The number of Topliss-reactive ketones (excluding diaryl/α,β-unsaturated/α-hetero) is 1. The van der Waals surface area contributed by atoms with E-state index >= 15 is 0 Å². The van der Waals surface area contributed by atoms with Gasteiger partial charge < -0.3 is 10.3 Å². The molecule has 0 bridgehead atoms. The van der Waals surface area contributed by atoms with Gasteiger partial charge in [-0.25, -0.2) is 4.98 Å². The van der Waals surface area contributed by atoms with E-state index in [9.17, 15) is 14.4 Å². The zero-order valence-corrected chi connectivity index (χ0v) is 15.4. The first-order valence-corrected chi connectivity index (χ1v) is 9.08. The highest BCUT2D eigenvalue weighted by Gasteiger charge is 2.12. The molecule has 4 rings (SSSR count). The number of fused-ring (bicyclic) bond motifs is 1. The summed E-state index contributed by atoms with van der Waals surface area (Å²) in [6.45, 7) is 0. The number of nitrogens with one attached hydrogen (secondary N) is 2. The van der Waals surface area contributed by atoms with Crippen molar-refractivity contribution in [3.8, 4) is 11.4 Å². The molecule has 0 aliphatic carbocycles. The van der Waals surface area contributed by atoms with Crippen LogP contribution in [0.2, 0.25) is 0 Å². The third-order valence-corrected chi connectivity index (χ3v) is 4.47. The SMILES string of the molecule is O=C(CC(=O)c1ccccc1)Nc1ccc(-c2nc3ccccc3c(=O)[nH]2)cc1. The molecule has 0 fully saturated rings. The van der Waals surface area contributed by atoms with Gasteiger partial charge in [-0.1, -0.05) is 42.5 Å². The van der Waals surface area contributed by atoms with E-state index in [2.05, 4.69) is 15.3 Å². The fourth-order valence-corrected chi connectivity index (χ4v) is 3.01. The zero-order valence-electron chi connectivity index (χ0n) is 15.4. The van der Waals surface area contributed by atoms with Gasteiger partial charge in [0.25, 0.3) is 5.56 Å². The van der Waals surface area contributed by atoms with Crippen molar-refractivity contribution in [3.05, 3.63) is 94.8 Å². The first-order valence-electron chi connectivity index (χ1n) is 9.08. The number of rotatable bonds is 5. The van der Waals surface area contributed by atoms with E-state index < -0.39 is 0 Å². The van der Waals surface area contributed by atoms with Crippen molar-refractivity contribution < 1.29 is 9.59 Å². The number of hydrogen-bond donors (Lipinski definition) is 2. The largest absolute Gasteiger partial charge is 0.326 e. The Hall–Kier alpha value is -4.06. The van der Waals surface area contributed by atoms with Crippen molar-refractivity contribution in [2.75, 3.05) is 5.32 Å². The Kier molecular flexibility index (Phi) is 4.99. The third kappa shape index (κ3) is 4.11. The lowest BCUT2D eigenvalue weighted by Gasteiger charge is -2.07. The molecule has 142 valence electrons. The maximum Gasteiger partial charge on any atom is 0.259 e. The van der Waals surface area contributed by atoms with Gasteiger partial charge in [0.05, 0.1) is 17.3 Å². The number of carbonyl (C=O) groups is 2. The summed E-state index contributed by atoms with van der Waals surface area (Å²) in [5.41, 5.74) is 2.18. The molecule has 0 aliphatic rings. The molecule has 1 aromatic heterocycles. The predicted molar refractivity (Wildman–Crippen MR) is 112 cm³/mol. The average molecular weight is 383 g/mol. The number of aromatic amines is 1. The first kappa shape index (κ1) is 18.3. The molecule has 0 radical (unpaired) electrons. The summed E-state index contributed by atoms with van der Waals surface area (Å²) in [4.78, 5) is 43.7. The van der Waals surface area contributed by atoms with Crippen LogP contribution < -0.4 is 10.9 Å². The van der Waals surface area contributed by atoms with Crippen LogP contribution in [0.5, 0.6) is 0 Å². The van der Waals surface area contributed by atoms with E-state index in [0.29, 0.717) is 33.5 Å². The summed E-state index contributed by atoms with van der Waals surface area (Å²) < 4.78 is 0. The monoisotopic (exact) mass is 383 g/mol. The molecule has 2 N–H and O–H groups in total. The van der Waals surface area contributed by atoms with Crippen molar-refractivity contribution in [1.82, 2.24) is 9.97 Å². The number of amides is 1. The van der Waals surface area contributed by atoms with Gasteiger partial charge in [0.2, 0.25) is 5.91 Å². The van der Waals surface area contributed by atoms with Gasteiger partial charge in [-0.3, -0.25) is 14.4 Å². The standard InChI is InChI=1S/C23H17N3O3/c27-20(15-6-2-1-3-7-15)14-21(28)24-17-12-10-16(11-13-17)22-25-19-9-5-4-8-18(19)23(29)26-22/h1-13H,14H2,(H,24,28)(H,25,26,29). The highest BCUT2D eigenvalue weighted by molar-refractivity contribution is 6.11. The molecule has 6 nitrogen and oxygen atoms in total. The van der Waals surface area contributed by atoms with Crippen molar-refractivity contribution >= 4 is 28.3 Å². The second-order valence-electron chi connectivity index (χ2n) is 6.52. The summed E-state index contributed by atoms with van der Waals surface area (Å²) in [5.74, 6) is -0.174. The van der Waals surface area contributed by atoms with Crippen LogP contribution in [0.4, 0.5) is 5.69 Å². The number of nitrogens with zero attached hydrogens (tertiary/aromatic N) is 1. The lowest BCUT2D eigenvalue weighted by molar-refractivity contribution is -0.115. The minimum absolute atomic E-state index is 0.206. The molecule has 1 heterocycles. The molecular formula is C23H17N3O3. The number of ketones is 1. The lowest BCUT2D eigenvalue weighted by Crippen LogP contribution is -2.16. The third-order valence-electron chi connectivity index (χ3n) is 4.47. The van der Waals surface area contributed by atoms with Crippen LogP contribution in [-0.4, -0.2) is 21.7 Å². The van der Waals surface area contributed by atoms with Crippen molar-refractivity contribution in [2.24, 2.45) is 0 Å². The molecule has 0 aliphatic heterocycles. The Morgan fingerprint density at radius 2 is 1.55 bits per heavy atom. The second kappa shape index (κ2) is 7.90. The number of aromatic nitrogens is 2. The van der Waals surface area contributed by atoms with E-state index in [0.717, 1.165) is 0 Å². The van der Waals surface area contributed by atoms with Gasteiger partial charge in [-0.2, -0.15) is 0 Å². The Labute approximate surface area is 166 Å². The topological polar surface area (TPSA) is 91.9 Å². The highest BCUT2D eigenvalue weighted by atomic mass is 16.2. The number of hydrogen-bond acceptors (Lipinski definition) is 4. The van der Waals surface area contributed by atoms with E-state index in [1.807, 2.05) is 12.1 Å². The highest BCUT2D eigenvalue weighted by Crippen LogP contribution is 2.19. The normalized spacial score (nSPS) is 10.6. The van der Waals surface area contributed by atoms with Crippen molar-refractivity contribution in [3.63, 3.8) is 0 Å². The first-order chi connectivity index (χ1) is 14.1. The molecule has 6 heteroatoms. The summed E-state index contributed by atoms with van der Waals surface area (Å²) in [5, 5.41) is 3.24. The maximum atomic E-state index is 12.2. The minimum Gasteiger partial charge on any atom is -0.326 e. The number of anilines is 1. The molecule has 1 amide bonds. The molecule has 3 aromatic carbocycles. The van der Waals surface area contributed by atoms with Crippen LogP contribution >= 0.6 is 0 Å². The Balaban J connectivity index is 1.47. The molecule has 0 saturated heterocycles. The average Bonchev–Trinajstić information content (AvgIpc) is 2.75.